The molecule has 3 heteroatoms. The second kappa shape index (κ2) is 3.93. The molecule has 82 valence electrons. The lowest BCUT2D eigenvalue weighted by atomic mass is 10.00. The van der Waals surface area contributed by atoms with Gasteiger partial charge in [-0.3, -0.25) is 0 Å². The van der Waals surface area contributed by atoms with Crippen LogP contribution in [0.15, 0.2) is 36.4 Å². The second-order valence-corrected chi connectivity index (χ2v) is 3.62. The van der Waals surface area contributed by atoms with E-state index in [1.807, 2.05) is 0 Å². The molecule has 0 saturated heterocycles. The van der Waals surface area contributed by atoms with Crippen LogP contribution in [0.4, 0.5) is 8.78 Å². The smallest absolute Gasteiger partial charge is 0.133 e. The van der Waals surface area contributed by atoms with Crippen LogP contribution in [-0.2, 0) is 0 Å². The predicted octanol–water partition coefficient (Wildman–Crippen LogP) is 3.65. The highest BCUT2D eigenvalue weighted by Gasteiger charge is 2.08. The van der Waals surface area contributed by atoms with Crippen LogP contribution < -0.4 is 0 Å². The molecule has 2 rings (SSSR count). The van der Waals surface area contributed by atoms with Gasteiger partial charge in [0.05, 0.1) is 0 Å². The normalized spacial score (nSPS) is 10.4. The van der Waals surface area contributed by atoms with Gasteiger partial charge in [0.15, 0.2) is 0 Å². The average molecular weight is 220 g/mol. The number of phenolic OH excluding ortho intramolecular Hbond substituents is 1. The molecule has 0 heterocycles. The van der Waals surface area contributed by atoms with E-state index in [1.54, 1.807) is 13.0 Å². The Kier molecular flexibility index (Phi) is 2.60. The van der Waals surface area contributed by atoms with E-state index in [0.717, 1.165) is 11.6 Å². The number of aryl methyl sites for hydroxylation is 1. The van der Waals surface area contributed by atoms with Crippen LogP contribution >= 0.6 is 0 Å². The molecule has 2 aromatic carbocycles. The zero-order chi connectivity index (χ0) is 11.7. The first-order valence-electron chi connectivity index (χ1n) is 4.83. The minimum Gasteiger partial charge on any atom is -0.508 e. The van der Waals surface area contributed by atoms with Crippen molar-refractivity contribution >= 4 is 0 Å². The van der Waals surface area contributed by atoms with Crippen molar-refractivity contribution in [1.82, 2.24) is 0 Å². The topological polar surface area (TPSA) is 20.2 Å². The van der Waals surface area contributed by atoms with E-state index >= 15 is 0 Å². The molecule has 16 heavy (non-hydrogen) atoms. The fourth-order valence-corrected chi connectivity index (χ4v) is 1.66. The number of aromatic hydroxyl groups is 1. The summed E-state index contributed by atoms with van der Waals surface area (Å²) in [5.74, 6) is -1.07. The van der Waals surface area contributed by atoms with Crippen molar-refractivity contribution in [3.63, 3.8) is 0 Å². The summed E-state index contributed by atoms with van der Waals surface area (Å²) < 4.78 is 26.3. The van der Waals surface area contributed by atoms with Gasteiger partial charge < -0.3 is 5.11 Å². The van der Waals surface area contributed by atoms with E-state index in [-0.39, 0.29) is 5.75 Å². The van der Waals surface area contributed by atoms with Crippen LogP contribution in [0.5, 0.6) is 5.75 Å². The molecule has 0 aliphatic carbocycles. The van der Waals surface area contributed by atoms with Crippen molar-refractivity contribution in [2.75, 3.05) is 0 Å². The maximum atomic E-state index is 13.5. The SMILES string of the molecule is Cc1cc(O)ccc1-c1ccc(F)cc1F. The lowest BCUT2D eigenvalue weighted by molar-refractivity contribution is 0.475. The van der Waals surface area contributed by atoms with Crippen molar-refractivity contribution in [2.45, 2.75) is 6.92 Å². The molecule has 0 fully saturated rings. The molecule has 0 amide bonds. The van der Waals surface area contributed by atoms with Crippen LogP contribution in [0, 0.1) is 18.6 Å². The third kappa shape index (κ3) is 1.89. The maximum Gasteiger partial charge on any atom is 0.133 e. The summed E-state index contributed by atoms with van der Waals surface area (Å²) in [5, 5.41) is 9.24. The molecule has 0 bridgehead atoms. The largest absolute Gasteiger partial charge is 0.508 e. The van der Waals surface area contributed by atoms with E-state index in [2.05, 4.69) is 0 Å². The molecule has 0 aliphatic heterocycles. The zero-order valence-electron chi connectivity index (χ0n) is 8.67. The van der Waals surface area contributed by atoms with Crippen molar-refractivity contribution in [2.24, 2.45) is 0 Å². The van der Waals surface area contributed by atoms with Crippen LogP contribution in [0.3, 0.4) is 0 Å². The summed E-state index contributed by atoms with van der Waals surface area (Å²) in [6.07, 6.45) is 0. The molecular weight excluding hydrogens is 210 g/mol. The van der Waals surface area contributed by atoms with Crippen LogP contribution in [0.25, 0.3) is 11.1 Å². The molecule has 2 aromatic rings. The summed E-state index contributed by atoms with van der Waals surface area (Å²) in [4.78, 5) is 0. The van der Waals surface area contributed by atoms with E-state index in [0.29, 0.717) is 11.1 Å². The summed E-state index contributed by atoms with van der Waals surface area (Å²) in [7, 11) is 0. The molecule has 0 atom stereocenters. The first-order valence-corrected chi connectivity index (χ1v) is 4.83. The third-order valence-corrected chi connectivity index (χ3v) is 2.43. The Hall–Kier alpha value is -1.90. The number of rotatable bonds is 1. The summed E-state index contributed by atoms with van der Waals surface area (Å²) >= 11 is 0. The minimum absolute atomic E-state index is 0.128. The Morgan fingerprint density at radius 1 is 0.938 bits per heavy atom. The lowest BCUT2D eigenvalue weighted by Crippen LogP contribution is -1.88. The number of benzene rings is 2. The molecule has 1 nitrogen and oxygen atoms in total. The highest BCUT2D eigenvalue weighted by molar-refractivity contribution is 5.68. The van der Waals surface area contributed by atoms with Gasteiger partial charge in [0.25, 0.3) is 0 Å². The molecule has 1 N–H and O–H groups in total. The number of hydrogen-bond acceptors (Lipinski definition) is 1. The van der Waals surface area contributed by atoms with Gasteiger partial charge in [-0.2, -0.15) is 0 Å². The van der Waals surface area contributed by atoms with E-state index in [4.69, 9.17) is 0 Å². The fraction of sp³-hybridized carbons (Fsp3) is 0.0769. The van der Waals surface area contributed by atoms with Gasteiger partial charge in [0.1, 0.15) is 17.4 Å². The molecule has 0 unspecified atom stereocenters. The standard InChI is InChI=1S/C13H10F2O/c1-8-6-10(16)3-5-11(8)12-4-2-9(14)7-13(12)15/h2-7,16H,1H3. The van der Waals surface area contributed by atoms with Crippen molar-refractivity contribution < 1.29 is 13.9 Å². The summed E-state index contributed by atoms with van der Waals surface area (Å²) in [6, 6.07) is 8.08. The first-order chi connectivity index (χ1) is 7.58. The number of hydrogen-bond donors (Lipinski definition) is 1. The van der Waals surface area contributed by atoms with Gasteiger partial charge in [0, 0.05) is 11.6 Å². The molecule has 0 saturated carbocycles. The summed E-state index contributed by atoms with van der Waals surface area (Å²) in [5.41, 5.74) is 1.72. The minimum atomic E-state index is -0.603. The molecule has 0 aromatic heterocycles. The zero-order valence-corrected chi connectivity index (χ0v) is 8.67. The quantitative estimate of drug-likeness (QED) is 0.777. The van der Waals surface area contributed by atoms with Crippen LogP contribution in [-0.4, -0.2) is 5.11 Å². The van der Waals surface area contributed by atoms with E-state index in [1.165, 1.54) is 24.3 Å². The van der Waals surface area contributed by atoms with Gasteiger partial charge in [-0.1, -0.05) is 6.07 Å². The highest BCUT2D eigenvalue weighted by atomic mass is 19.1. The molecular formula is C13H10F2O. The molecule has 0 radical (unpaired) electrons. The van der Waals surface area contributed by atoms with Crippen molar-refractivity contribution in [3.05, 3.63) is 53.6 Å². The molecule has 0 aliphatic rings. The monoisotopic (exact) mass is 220 g/mol. The third-order valence-electron chi connectivity index (χ3n) is 2.43. The van der Waals surface area contributed by atoms with Gasteiger partial charge in [-0.05, 0) is 42.3 Å². The van der Waals surface area contributed by atoms with Crippen LogP contribution in [0.1, 0.15) is 5.56 Å². The van der Waals surface area contributed by atoms with Gasteiger partial charge >= 0.3 is 0 Å². The number of halogens is 2. The van der Waals surface area contributed by atoms with Gasteiger partial charge in [-0.25, -0.2) is 8.78 Å². The Balaban J connectivity index is 2.59. The van der Waals surface area contributed by atoms with Gasteiger partial charge in [0.2, 0.25) is 0 Å². The maximum absolute atomic E-state index is 13.5. The Bertz CT molecular complexity index is 486. The summed E-state index contributed by atoms with van der Waals surface area (Å²) in [6.45, 7) is 1.76. The van der Waals surface area contributed by atoms with E-state index < -0.39 is 11.6 Å². The van der Waals surface area contributed by atoms with E-state index in [9.17, 15) is 13.9 Å². The number of phenols is 1. The second-order valence-electron chi connectivity index (χ2n) is 3.62. The first kappa shape index (κ1) is 10.6. The highest BCUT2D eigenvalue weighted by Crippen LogP contribution is 2.28. The van der Waals surface area contributed by atoms with Crippen molar-refractivity contribution in [1.29, 1.82) is 0 Å². The fourth-order valence-electron chi connectivity index (χ4n) is 1.66. The molecule has 0 spiro atoms. The van der Waals surface area contributed by atoms with Gasteiger partial charge in [-0.15, -0.1) is 0 Å². The van der Waals surface area contributed by atoms with Crippen LogP contribution in [0.2, 0.25) is 0 Å². The lowest BCUT2D eigenvalue weighted by Gasteiger charge is -2.07. The predicted molar refractivity (Wildman–Crippen MR) is 58.2 cm³/mol. The Morgan fingerprint density at radius 3 is 2.25 bits per heavy atom. The van der Waals surface area contributed by atoms with Crippen molar-refractivity contribution in [3.8, 4) is 16.9 Å². The average Bonchev–Trinajstić information content (AvgIpc) is 2.19. The Morgan fingerprint density at radius 2 is 1.62 bits per heavy atom. The Labute approximate surface area is 92.0 Å².